The number of pyridine rings is 6. The number of fused-ring (bicyclic) bond motifs is 6. The number of hydrogen-bond donors (Lipinski definition) is 0. The van der Waals surface area contributed by atoms with Gasteiger partial charge in [0, 0.05) is 46.3 Å². The minimum Gasteiger partial charge on any atom is -0.264 e. The Bertz CT molecular complexity index is 2440. The van der Waals surface area contributed by atoms with Crippen LogP contribution in [0.3, 0.4) is 0 Å². The molecule has 6 heterocycles. The Hall–Kier alpha value is -6.40. The van der Waals surface area contributed by atoms with Crippen LogP contribution in [0.5, 0.6) is 0 Å². The van der Waals surface area contributed by atoms with Crippen molar-refractivity contribution in [3.8, 4) is 45.0 Å². The Morgan fingerprint density at radius 1 is 0.326 bits per heavy atom. The van der Waals surface area contributed by atoms with Gasteiger partial charge in [-0.05, 0) is 64.7 Å². The van der Waals surface area contributed by atoms with Crippen LogP contribution in [0.4, 0.5) is 0 Å². The molecule has 6 heteroatoms. The van der Waals surface area contributed by atoms with E-state index in [1.165, 1.54) is 0 Å². The van der Waals surface area contributed by atoms with Gasteiger partial charge in [-0.1, -0.05) is 78.9 Å². The topological polar surface area (TPSA) is 77.3 Å². The molecule has 0 aliphatic heterocycles. The fraction of sp³-hybridized carbons (Fsp3) is 0. The summed E-state index contributed by atoms with van der Waals surface area (Å²) in [5.41, 5.74) is 10.8. The minimum absolute atomic E-state index is 0.761. The quantitative estimate of drug-likeness (QED) is 0.191. The van der Waals surface area contributed by atoms with Crippen LogP contribution in [0.2, 0.25) is 0 Å². The predicted octanol–water partition coefficient (Wildman–Crippen LogP) is 9.34. The number of nitrogens with zero attached hydrogens (tertiary/aromatic N) is 6. The largest absolute Gasteiger partial charge is 0.264 e. The molecule has 3 aromatic carbocycles. The molecule has 0 N–H and O–H groups in total. The summed E-state index contributed by atoms with van der Waals surface area (Å²) in [6.07, 6.45) is 7.29. The van der Waals surface area contributed by atoms with E-state index in [1.54, 1.807) is 6.20 Å². The molecule has 0 atom stereocenters. The standard InChI is InChI=1S/C40H24N6/c1-6-31(24-41-19-1)25-7-9-26(10-8-25)32-22-35(33-17-15-29-13-11-27-4-2-20-42-37(27)39(29)45-33)44-36(23-32)34-18-16-30-14-12-28-5-3-21-43-38(28)40(30)46-34/h1-24H. The molecule has 9 rings (SSSR count). The lowest BCUT2D eigenvalue weighted by atomic mass is 9.99. The van der Waals surface area contributed by atoms with Crippen LogP contribution in [0.1, 0.15) is 0 Å². The SMILES string of the molecule is c1cncc(-c2ccc(-c3cc(-c4ccc5ccc6cccnc6c5n4)nc(-c4ccc5ccc6cccnc6c5n4)c3)cc2)c1. The van der Waals surface area contributed by atoms with Gasteiger partial charge in [-0.3, -0.25) is 15.0 Å². The summed E-state index contributed by atoms with van der Waals surface area (Å²) in [7, 11) is 0. The summed E-state index contributed by atoms with van der Waals surface area (Å²) in [5, 5.41) is 4.18. The third kappa shape index (κ3) is 4.52. The van der Waals surface area contributed by atoms with Gasteiger partial charge in [0.05, 0.1) is 44.8 Å². The first-order valence-electron chi connectivity index (χ1n) is 15.1. The molecule has 0 saturated heterocycles. The highest BCUT2D eigenvalue weighted by Gasteiger charge is 2.14. The highest BCUT2D eigenvalue weighted by molar-refractivity contribution is 6.04. The maximum atomic E-state index is 5.16. The molecule has 0 amide bonds. The van der Waals surface area contributed by atoms with Gasteiger partial charge in [-0.15, -0.1) is 0 Å². The van der Waals surface area contributed by atoms with Crippen molar-refractivity contribution in [1.29, 1.82) is 0 Å². The first kappa shape index (κ1) is 26.0. The van der Waals surface area contributed by atoms with E-state index < -0.39 is 0 Å². The molecule has 6 nitrogen and oxygen atoms in total. The van der Waals surface area contributed by atoms with Gasteiger partial charge in [0.25, 0.3) is 0 Å². The summed E-state index contributed by atoms with van der Waals surface area (Å²) < 4.78 is 0. The van der Waals surface area contributed by atoms with Gasteiger partial charge in [-0.25, -0.2) is 15.0 Å². The zero-order valence-electron chi connectivity index (χ0n) is 24.5. The minimum atomic E-state index is 0.761. The average molecular weight is 589 g/mol. The van der Waals surface area contributed by atoms with Crippen molar-refractivity contribution in [1.82, 2.24) is 29.9 Å². The lowest BCUT2D eigenvalue weighted by Crippen LogP contribution is -1.96. The van der Waals surface area contributed by atoms with Gasteiger partial charge >= 0.3 is 0 Å². The monoisotopic (exact) mass is 588 g/mol. The zero-order chi connectivity index (χ0) is 30.5. The summed E-state index contributed by atoms with van der Waals surface area (Å²) in [6.45, 7) is 0. The van der Waals surface area contributed by atoms with Crippen LogP contribution in [-0.2, 0) is 0 Å². The molecule has 9 aromatic rings. The van der Waals surface area contributed by atoms with Crippen molar-refractivity contribution in [3.63, 3.8) is 0 Å². The summed E-state index contributed by atoms with van der Waals surface area (Å²) in [4.78, 5) is 29.0. The van der Waals surface area contributed by atoms with Gasteiger partial charge in [0.1, 0.15) is 0 Å². The first-order chi connectivity index (χ1) is 22.8. The lowest BCUT2D eigenvalue weighted by molar-refractivity contribution is 1.25. The van der Waals surface area contributed by atoms with Gasteiger partial charge < -0.3 is 0 Å². The number of benzene rings is 3. The fourth-order valence-corrected chi connectivity index (χ4v) is 6.08. The Labute approximate surface area is 264 Å². The van der Waals surface area contributed by atoms with E-state index in [9.17, 15) is 0 Å². The van der Waals surface area contributed by atoms with E-state index in [-0.39, 0.29) is 0 Å². The van der Waals surface area contributed by atoms with Crippen molar-refractivity contribution in [2.75, 3.05) is 0 Å². The van der Waals surface area contributed by atoms with Crippen molar-refractivity contribution in [2.45, 2.75) is 0 Å². The van der Waals surface area contributed by atoms with Gasteiger partial charge in [-0.2, -0.15) is 0 Å². The molecular formula is C40H24N6. The Kier molecular flexibility index (Phi) is 6.03. The molecule has 0 radical (unpaired) electrons. The van der Waals surface area contributed by atoms with E-state index in [0.29, 0.717) is 0 Å². The second-order valence-electron chi connectivity index (χ2n) is 11.3. The molecule has 0 unspecified atom stereocenters. The second-order valence-corrected chi connectivity index (χ2v) is 11.3. The maximum Gasteiger partial charge on any atom is 0.0972 e. The molecule has 0 aliphatic rings. The van der Waals surface area contributed by atoms with E-state index in [1.807, 2.05) is 48.9 Å². The lowest BCUT2D eigenvalue weighted by Gasteiger charge is -2.12. The van der Waals surface area contributed by atoms with Crippen LogP contribution < -0.4 is 0 Å². The van der Waals surface area contributed by atoms with Crippen LogP contribution >= 0.6 is 0 Å². The zero-order valence-corrected chi connectivity index (χ0v) is 24.5. The molecule has 0 aliphatic carbocycles. The summed E-state index contributed by atoms with van der Waals surface area (Å²) >= 11 is 0. The Morgan fingerprint density at radius 2 is 0.804 bits per heavy atom. The Balaban J connectivity index is 1.24. The van der Waals surface area contributed by atoms with E-state index in [0.717, 1.165) is 88.6 Å². The van der Waals surface area contributed by atoms with Crippen LogP contribution in [0, 0.1) is 0 Å². The molecule has 0 bridgehead atoms. The summed E-state index contributed by atoms with van der Waals surface area (Å²) in [5.74, 6) is 0. The number of aromatic nitrogens is 6. The maximum absolute atomic E-state index is 5.16. The van der Waals surface area contributed by atoms with Crippen molar-refractivity contribution >= 4 is 43.6 Å². The highest BCUT2D eigenvalue weighted by Crippen LogP contribution is 2.33. The third-order valence-corrected chi connectivity index (χ3v) is 8.43. The molecule has 6 aromatic heterocycles. The van der Waals surface area contributed by atoms with E-state index in [2.05, 4.69) is 106 Å². The molecule has 0 saturated carbocycles. The molecule has 0 spiro atoms. The first-order valence-corrected chi connectivity index (χ1v) is 15.1. The number of hydrogen-bond acceptors (Lipinski definition) is 6. The van der Waals surface area contributed by atoms with Crippen LogP contribution in [0.25, 0.3) is 88.6 Å². The fourth-order valence-electron chi connectivity index (χ4n) is 6.08. The average Bonchev–Trinajstić information content (AvgIpc) is 3.14. The normalized spacial score (nSPS) is 11.5. The number of rotatable bonds is 4. The Morgan fingerprint density at radius 3 is 1.33 bits per heavy atom. The molecule has 0 fully saturated rings. The van der Waals surface area contributed by atoms with Gasteiger partial charge in [0.15, 0.2) is 0 Å². The van der Waals surface area contributed by atoms with Gasteiger partial charge in [0.2, 0.25) is 0 Å². The molecular weight excluding hydrogens is 564 g/mol. The van der Waals surface area contributed by atoms with Crippen molar-refractivity contribution in [2.24, 2.45) is 0 Å². The van der Waals surface area contributed by atoms with Crippen LogP contribution in [0.15, 0.2) is 146 Å². The van der Waals surface area contributed by atoms with E-state index >= 15 is 0 Å². The molecule has 214 valence electrons. The van der Waals surface area contributed by atoms with Crippen molar-refractivity contribution < 1.29 is 0 Å². The predicted molar refractivity (Wildman–Crippen MR) is 185 cm³/mol. The summed E-state index contributed by atoms with van der Waals surface area (Å²) in [6, 6.07) is 41.4. The van der Waals surface area contributed by atoms with Crippen LogP contribution in [-0.4, -0.2) is 29.9 Å². The highest BCUT2D eigenvalue weighted by atomic mass is 14.8. The molecule has 46 heavy (non-hydrogen) atoms. The van der Waals surface area contributed by atoms with E-state index in [4.69, 9.17) is 15.0 Å². The van der Waals surface area contributed by atoms with Crippen molar-refractivity contribution in [3.05, 3.63) is 146 Å². The smallest absolute Gasteiger partial charge is 0.0972 e. The third-order valence-electron chi connectivity index (χ3n) is 8.43. The second kappa shape index (κ2) is 10.6.